The number of nitrogen functional groups attached to an aromatic ring is 1. The quantitative estimate of drug-likeness (QED) is 0.627. The van der Waals surface area contributed by atoms with Crippen LogP contribution < -0.4 is 11.1 Å². The highest BCUT2D eigenvalue weighted by Crippen LogP contribution is 2.23. The van der Waals surface area contributed by atoms with Crippen molar-refractivity contribution in [1.29, 1.82) is 0 Å². The standard InChI is InChI=1S/C11H12N6O2/c1-7-4-14-8(5-13-7)6-15-11-9(17(18)19)2-3-10(12)16-11/h2-5H,6H2,1H3,(H3,12,15,16). The van der Waals surface area contributed by atoms with Gasteiger partial charge in [0.1, 0.15) is 5.82 Å². The van der Waals surface area contributed by atoms with Crippen molar-refractivity contribution in [1.82, 2.24) is 15.0 Å². The summed E-state index contributed by atoms with van der Waals surface area (Å²) in [5.41, 5.74) is 6.84. The number of hydrogen-bond donors (Lipinski definition) is 2. The summed E-state index contributed by atoms with van der Waals surface area (Å²) in [6, 6.07) is 2.69. The first-order valence-electron chi connectivity index (χ1n) is 5.48. The molecular formula is C11H12N6O2. The number of nitro groups is 1. The van der Waals surface area contributed by atoms with Crippen molar-refractivity contribution in [3.8, 4) is 0 Å². The van der Waals surface area contributed by atoms with E-state index in [9.17, 15) is 10.1 Å². The van der Waals surface area contributed by atoms with Crippen molar-refractivity contribution in [2.75, 3.05) is 11.1 Å². The monoisotopic (exact) mass is 260 g/mol. The molecule has 2 aromatic rings. The molecule has 0 radical (unpaired) electrons. The van der Waals surface area contributed by atoms with Crippen LogP contribution in [-0.4, -0.2) is 19.9 Å². The molecule has 0 saturated heterocycles. The van der Waals surface area contributed by atoms with Crippen molar-refractivity contribution in [3.05, 3.63) is 46.0 Å². The third kappa shape index (κ3) is 3.12. The van der Waals surface area contributed by atoms with E-state index in [0.29, 0.717) is 5.69 Å². The Bertz CT molecular complexity index is 599. The number of aryl methyl sites for hydroxylation is 1. The smallest absolute Gasteiger partial charge is 0.311 e. The number of anilines is 2. The molecule has 0 spiro atoms. The molecule has 2 rings (SSSR count). The van der Waals surface area contributed by atoms with Gasteiger partial charge in [0.2, 0.25) is 5.82 Å². The van der Waals surface area contributed by atoms with Crippen LogP contribution in [0.1, 0.15) is 11.4 Å². The Hall–Kier alpha value is -2.77. The number of rotatable bonds is 4. The van der Waals surface area contributed by atoms with Crippen molar-refractivity contribution in [2.24, 2.45) is 0 Å². The summed E-state index contributed by atoms with van der Waals surface area (Å²) >= 11 is 0. The summed E-state index contributed by atoms with van der Waals surface area (Å²) in [5, 5.41) is 13.7. The Morgan fingerprint density at radius 1 is 1.37 bits per heavy atom. The Kier molecular flexibility index (Phi) is 3.51. The van der Waals surface area contributed by atoms with E-state index in [2.05, 4.69) is 20.3 Å². The maximum absolute atomic E-state index is 10.8. The highest BCUT2D eigenvalue weighted by atomic mass is 16.6. The summed E-state index contributed by atoms with van der Waals surface area (Å²) in [5.74, 6) is 0.329. The highest BCUT2D eigenvalue weighted by molar-refractivity contribution is 5.59. The lowest BCUT2D eigenvalue weighted by Gasteiger charge is -2.06. The molecule has 8 heteroatoms. The molecule has 0 atom stereocenters. The first-order chi connectivity index (χ1) is 9.06. The number of hydrogen-bond acceptors (Lipinski definition) is 7. The van der Waals surface area contributed by atoms with Gasteiger partial charge in [0.05, 0.1) is 29.1 Å². The largest absolute Gasteiger partial charge is 0.384 e. The molecule has 0 bridgehead atoms. The van der Waals surface area contributed by atoms with Crippen LogP contribution in [0.25, 0.3) is 0 Å². The fraction of sp³-hybridized carbons (Fsp3) is 0.182. The van der Waals surface area contributed by atoms with Crippen LogP contribution in [0.3, 0.4) is 0 Å². The van der Waals surface area contributed by atoms with Crippen LogP contribution in [0.5, 0.6) is 0 Å². The third-order valence-electron chi connectivity index (χ3n) is 2.36. The minimum Gasteiger partial charge on any atom is -0.384 e. The lowest BCUT2D eigenvalue weighted by Crippen LogP contribution is -2.07. The summed E-state index contributed by atoms with van der Waals surface area (Å²) in [4.78, 5) is 22.5. The van der Waals surface area contributed by atoms with E-state index in [0.717, 1.165) is 5.69 Å². The second-order valence-electron chi connectivity index (χ2n) is 3.86. The normalized spacial score (nSPS) is 10.2. The van der Waals surface area contributed by atoms with Gasteiger partial charge in [-0.05, 0) is 13.0 Å². The average molecular weight is 260 g/mol. The Balaban J connectivity index is 2.16. The van der Waals surface area contributed by atoms with Gasteiger partial charge in [0.15, 0.2) is 0 Å². The predicted octanol–water partition coefficient (Wildman–Crippen LogP) is 1.28. The van der Waals surface area contributed by atoms with Gasteiger partial charge in [0.25, 0.3) is 0 Å². The lowest BCUT2D eigenvalue weighted by molar-refractivity contribution is -0.384. The fourth-order valence-electron chi connectivity index (χ4n) is 1.43. The van der Waals surface area contributed by atoms with Gasteiger partial charge in [-0.25, -0.2) is 4.98 Å². The highest BCUT2D eigenvalue weighted by Gasteiger charge is 2.15. The average Bonchev–Trinajstić information content (AvgIpc) is 2.38. The molecule has 8 nitrogen and oxygen atoms in total. The van der Waals surface area contributed by atoms with Crippen molar-refractivity contribution in [3.63, 3.8) is 0 Å². The number of nitrogens with one attached hydrogen (secondary N) is 1. The van der Waals surface area contributed by atoms with Crippen LogP contribution in [0.15, 0.2) is 24.5 Å². The van der Waals surface area contributed by atoms with E-state index in [1.807, 2.05) is 6.92 Å². The second-order valence-corrected chi connectivity index (χ2v) is 3.86. The summed E-state index contributed by atoms with van der Waals surface area (Å²) in [6.45, 7) is 2.11. The molecule has 0 aliphatic carbocycles. The lowest BCUT2D eigenvalue weighted by atomic mass is 10.3. The number of aromatic nitrogens is 3. The maximum Gasteiger partial charge on any atom is 0.311 e. The first-order valence-corrected chi connectivity index (χ1v) is 5.48. The molecule has 0 aromatic carbocycles. The minimum absolute atomic E-state index is 0.118. The van der Waals surface area contributed by atoms with Crippen molar-refractivity contribution >= 4 is 17.3 Å². The molecule has 0 unspecified atom stereocenters. The Morgan fingerprint density at radius 3 is 2.79 bits per heavy atom. The SMILES string of the molecule is Cc1cnc(CNc2nc(N)ccc2[N+](=O)[O-])cn1. The van der Waals surface area contributed by atoms with Crippen molar-refractivity contribution in [2.45, 2.75) is 13.5 Å². The van der Waals surface area contributed by atoms with E-state index >= 15 is 0 Å². The maximum atomic E-state index is 10.8. The van der Waals surface area contributed by atoms with Gasteiger partial charge >= 0.3 is 5.69 Å². The second kappa shape index (κ2) is 5.25. The van der Waals surface area contributed by atoms with Crippen LogP contribution >= 0.6 is 0 Å². The summed E-state index contributed by atoms with van der Waals surface area (Å²) in [6.07, 6.45) is 3.22. The minimum atomic E-state index is -0.518. The first kappa shape index (κ1) is 12.7. The molecule has 19 heavy (non-hydrogen) atoms. The van der Waals surface area contributed by atoms with E-state index < -0.39 is 4.92 Å². The zero-order valence-corrected chi connectivity index (χ0v) is 10.2. The Morgan fingerprint density at radius 2 is 2.16 bits per heavy atom. The van der Waals surface area contributed by atoms with Crippen LogP contribution in [-0.2, 0) is 6.54 Å². The summed E-state index contributed by atoms with van der Waals surface area (Å²) in [7, 11) is 0. The van der Waals surface area contributed by atoms with Crippen LogP contribution in [0, 0.1) is 17.0 Å². The number of nitrogens with two attached hydrogens (primary N) is 1. The molecule has 2 aromatic heterocycles. The third-order valence-corrected chi connectivity index (χ3v) is 2.36. The topological polar surface area (TPSA) is 120 Å². The van der Waals surface area contributed by atoms with Crippen LogP contribution in [0.4, 0.5) is 17.3 Å². The summed E-state index contributed by atoms with van der Waals surface area (Å²) < 4.78 is 0. The molecule has 0 fully saturated rings. The molecule has 0 aliphatic rings. The van der Waals surface area contributed by atoms with Gasteiger partial charge in [-0.2, -0.15) is 0 Å². The molecule has 0 aliphatic heterocycles. The van der Waals surface area contributed by atoms with Gasteiger partial charge in [-0.1, -0.05) is 0 Å². The van der Waals surface area contributed by atoms with E-state index in [-0.39, 0.29) is 23.9 Å². The molecule has 2 heterocycles. The molecule has 3 N–H and O–H groups in total. The van der Waals surface area contributed by atoms with Crippen molar-refractivity contribution < 1.29 is 4.92 Å². The fourth-order valence-corrected chi connectivity index (χ4v) is 1.43. The van der Waals surface area contributed by atoms with E-state index in [4.69, 9.17) is 5.73 Å². The zero-order valence-electron chi connectivity index (χ0n) is 10.2. The number of nitrogens with zero attached hydrogens (tertiary/aromatic N) is 4. The van der Waals surface area contributed by atoms with Crippen LogP contribution in [0.2, 0.25) is 0 Å². The molecule has 0 saturated carbocycles. The molecular weight excluding hydrogens is 248 g/mol. The zero-order chi connectivity index (χ0) is 13.8. The van der Waals surface area contributed by atoms with Gasteiger partial charge in [-0.3, -0.25) is 20.1 Å². The molecule has 0 amide bonds. The predicted molar refractivity (Wildman–Crippen MR) is 69.4 cm³/mol. The van der Waals surface area contributed by atoms with E-state index in [1.165, 1.54) is 12.1 Å². The van der Waals surface area contributed by atoms with Gasteiger partial charge in [-0.15, -0.1) is 0 Å². The Labute approximate surface area is 108 Å². The van der Waals surface area contributed by atoms with E-state index in [1.54, 1.807) is 12.4 Å². The molecule has 98 valence electrons. The number of pyridine rings is 1. The van der Waals surface area contributed by atoms with Gasteiger partial charge in [0, 0.05) is 12.3 Å². The van der Waals surface area contributed by atoms with Gasteiger partial charge < -0.3 is 11.1 Å².